The predicted octanol–water partition coefficient (Wildman–Crippen LogP) is 0.528. The molecule has 1 saturated heterocycles. The lowest BCUT2D eigenvalue weighted by atomic mass is 9.90. The van der Waals surface area contributed by atoms with Crippen molar-refractivity contribution in [3.8, 4) is 0 Å². The van der Waals surface area contributed by atoms with E-state index in [0.29, 0.717) is 18.5 Å². The molecule has 18 heavy (non-hydrogen) atoms. The van der Waals surface area contributed by atoms with Gasteiger partial charge in [-0.3, -0.25) is 0 Å². The van der Waals surface area contributed by atoms with Crippen molar-refractivity contribution >= 4 is 6.03 Å². The third kappa shape index (κ3) is 4.14. The average molecular weight is 255 g/mol. The number of urea groups is 1. The van der Waals surface area contributed by atoms with E-state index in [1.807, 2.05) is 0 Å². The summed E-state index contributed by atoms with van der Waals surface area (Å²) >= 11 is 0. The van der Waals surface area contributed by atoms with Crippen LogP contribution >= 0.6 is 0 Å². The highest BCUT2D eigenvalue weighted by atomic mass is 16.3. The summed E-state index contributed by atoms with van der Waals surface area (Å²) in [5.74, 6) is 1.48. The molecule has 104 valence electrons. The van der Waals surface area contributed by atoms with Gasteiger partial charge in [-0.05, 0) is 37.6 Å². The van der Waals surface area contributed by atoms with E-state index in [1.165, 1.54) is 19.3 Å². The zero-order valence-electron chi connectivity index (χ0n) is 11.0. The van der Waals surface area contributed by atoms with Gasteiger partial charge in [0.05, 0.1) is 0 Å². The molecule has 5 nitrogen and oxygen atoms in total. The van der Waals surface area contributed by atoms with E-state index in [-0.39, 0.29) is 12.6 Å². The van der Waals surface area contributed by atoms with Crippen LogP contribution < -0.4 is 11.1 Å². The lowest BCUT2D eigenvalue weighted by molar-refractivity contribution is 0.145. The minimum absolute atomic E-state index is 0.213. The van der Waals surface area contributed by atoms with E-state index >= 15 is 0 Å². The zero-order valence-corrected chi connectivity index (χ0v) is 11.0. The van der Waals surface area contributed by atoms with Crippen molar-refractivity contribution in [2.45, 2.75) is 38.1 Å². The molecule has 0 aromatic carbocycles. The van der Waals surface area contributed by atoms with Crippen molar-refractivity contribution in [1.82, 2.24) is 10.2 Å². The van der Waals surface area contributed by atoms with Gasteiger partial charge in [0, 0.05) is 25.7 Å². The molecule has 0 spiro atoms. The maximum absolute atomic E-state index is 11.4. The van der Waals surface area contributed by atoms with E-state index in [1.54, 1.807) is 4.90 Å². The van der Waals surface area contributed by atoms with Crippen LogP contribution in [-0.4, -0.2) is 48.3 Å². The first kappa shape index (κ1) is 13.6. The normalized spacial score (nSPS) is 28.4. The number of amides is 2. The van der Waals surface area contributed by atoms with Crippen molar-refractivity contribution in [2.24, 2.45) is 17.6 Å². The summed E-state index contributed by atoms with van der Waals surface area (Å²) in [6.45, 7) is 2.56. The number of nitrogens with one attached hydrogen (secondary N) is 1. The topological polar surface area (TPSA) is 78.6 Å². The molecule has 1 heterocycles. The molecular formula is C13H25N3O2. The van der Waals surface area contributed by atoms with Crippen LogP contribution in [0.3, 0.4) is 0 Å². The zero-order chi connectivity index (χ0) is 13.0. The summed E-state index contributed by atoms with van der Waals surface area (Å²) in [6, 6.07) is 0.0333. The Hall–Kier alpha value is -0.810. The molecule has 2 atom stereocenters. The Morgan fingerprint density at radius 3 is 2.72 bits per heavy atom. The van der Waals surface area contributed by atoms with Gasteiger partial charge in [-0.2, -0.15) is 0 Å². The van der Waals surface area contributed by atoms with Crippen molar-refractivity contribution in [3.63, 3.8) is 0 Å². The molecule has 4 N–H and O–H groups in total. The molecule has 1 aliphatic carbocycles. The molecule has 2 rings (SSSR count). The van der Waals surface area contributed by atoms with Gasteiger partial charge < -0.3 is 21.1 Å². The summed E-state index contributed by atoms with van der Waals surface area (Å²) < 4.78 is 0. The highest BCUT2D eigenvalue weighted by molar-refractivity contribution is 5.72. The molecule has 0 aromatic rings. The number of nitrogens with two attached hydrogens (primary N) is 1. The second kappa shape index (κ2) is 6.38. The minimum atomic E-state index is -0.301. The van der Waals surface area contributed by atoms with Crippen LogP contribution in [0.1, 0.15) is 32.1 Å². The average Bonchev–Trinajstić information content (AvgIpc) is 3.13. The maximum Gasteiger partial charge on any atom is 0.314 e. The number of carbonyl (C=O) groups excluding carboxylic acids is 1. The van der Waals surface area contributed by atoms with E-state index in [4.69, 9.17) is 10.8 Å². The molecule has 0 bridgehead atoms. The number of primary amides is 1. The number of hydrogen-bond donors (Lipinski definition) is 3. The SMILES string of the molecule is NC(=O)N1CC(CC2CC2)CC(NCCCO)C1. The first-order valence-corrected chi connectivity index (χ1v) is 7.07. The smallest absolute Gasteiger partial charge is 0.314 e. The summed E-state index contributed by atoms with van der Waals surface area (Å²) in [4.78, 5) is 13.1. The second-order valence-electron chi connectivity index (χ2n) is 5.75. The molecule has 2 unspecified atom stereocenters. The van der Waals surface area contributed by atoms with E-state index < -0.39 is 0 Å². The van der Waals surface area contributed by atoms with Gasteiger partial charge in [-0.1, -0.05) is 12.8 Å². The standard InChI is InChI=1S/C13H25N3O2/c14-13(18)16-8-11(6-10-2-3-10)7-12(9-16)15-4-1-5-17/h10-12,15,17H,1-9H2,(H2,14,18). The number of carbonyl (C=O) groups is 1. The minimum Gasteiger partial charge on any atom is -0.396 e. The maximum atomic E-state index is 11.4. The quantitative estimate of drug-likeness (QED) is 0.606. The number of aliphatic hydroxyl groups is 1. The Kier molecular flexibility index (Phi) is 4.83. The number of nitrogens with zero attached hydrogens (tertiary/aromatic N) is 1. The van der Waals surface area contributed by atoms with Crippen LogP contribution in [-0.2, 0) is 0 Å². The molecule has 2 aliphatic rings. The highest BCUT2D eigenvalue weighted by Crippen LogP contribution is 2.37. The summed E-state index contributed by atoms with van der Waals surface area (Å²) in [6.07, 6.45) is 5.85. The number of likely N-dealkylation sites (tertiary alicyclic amines) is 1. The van der Waals surface area contributed by atoms with Crippen LogP contribution in [0.5, 0.6) is 0 Å². The van der Waals surface area contributed by atoms with E-state index in [0.717, 1.165) is 31.8 Å². The van der Waals surface area contributed by atoms with Gasteiger partial charge in [-0.25, -0.2) is 4.79 Å². The highest BCUT2D eigenvalue weighted by Gasteiger charge is 2.32. The number of aliphatic hydroxyl groups excluding tert-OH is 1. The van der Waals surface area contributed by atoms with Crippen molar-refractivity contribution in [1.29, 1.82) is 0 Å². The van der Waals surface area contributed by atoms with Gasteiger partial charge in [0.2, 0.25) is 0 Å². The second-order valence-corrected chi connectivity index (χ2v) is 5.75. The lowest BCUT2D eigenvalue weighted by Crippen LogP contribution is -2.53. The monoisotopic (exact) mass is 255 g/mol. The lowest BCUT2D eigenvalue weighted by Gasteiger charge is -2.37. The summed E-state index contributed by atoms with van der Waals surface area (Å²) in [7, 11) is 0. The van der Waals surface area contributed by atoms with Crippen LogP contribution in [0, 0.1) is 11.8 Å². The first-order chi connectivity index (χ1) is 8.69. The molecule has 0 radical (unpaired) electrons. The van der Waals surface area contributed by atoms with Crippen molar-refractivity contribution in [2.75, 3.05) is 26.2 Å². The Balaban J connectivity index is 1.82. The van der Waals surface area contributed by atoms with E-state index in [2.05, 4.69) is 5.32 Å². The van der Waals surface area contributed by atoms with Crippen LogP contribution in [0.15, 0.2) is 0 Å². The molecular weight excluding hydrogens is 230 g/mol. The largest absolute Gasteiger partial charge is 0.396 e. The number of piperidine rings is 1. The molecule has 5 heteroatoms. The fraction of sp³-hybridized carbons (Fsp3) is 0.923. The molecule has 1 saturated carbocycles. The van der Waals surface area contributed by atoms with Crippen LogP contribution in [0.4, 0.5) is 4.79 Å². The van der Waals surface area contributed by atoms with Crippen LogP contribution in [0.2, 0.25) is 0 Å². The third-order valence-corrected chi connectivity index (χ3v) is 3.98. The van der Waals surface area contributed by atoms with Gasteiger partial charge in [0.25, 0.3) is 0 Å². The molecule has 2 fully saturated rings. The fourth-order valence-electron chi connectivity index (χ4n) is 2.91. The number of rotatable bonds is 6. The Morgan fingerprint density at radius 1 is 1.33 bits per heavy atom. The van der Waals surface area contributed by atoms with Crippen LogP contribution in [0.25, 0.3) is 0 Å². The fourth-order valence-corrected chi connectivity index (χ4v) is 2.91. The van der Waals surface area contributed by atoms with Gasteiger partial charge >= 0.3 is 6.03 Å². The van der Waals surface area contributed by atoms with Crippen molar-refractivity contribution in [3.05, 3.63) is 0 Å². The van der Waals surface area contributed by atoms with Crippen molar-refractivity contribution < 1.29 is 9.90 Å². The Morgan fingerprint density at radius 2 is 2.11 bits per heavy atom. The molecule has 1 aliphatic heterocycles. The summed E-state index contributed by atoms with van der Waals surface area (Å²) in [5.41, 5.74) is 5.41. The Bertz CT molecular complexity index is 281. The van der Waals surface area contributed by atoms with Gasteiger partial charge in [-0.15, -0.1) is 0 Å². The third-order valence-electron chi connectivity index (χ3n) is 3.98. The van der Waals surface area contributed by atoms with Gasteiger partial charge in [0.15, 0.2) is 0 Å². The Labute approximate surface area is 109 Å². The van der Waals surface area contributed by atoms with Gasteiger partial charge in [0.1, 0.15) is 0 Å². The molecule has 2 amide bonds. The first-order valence-electron chi connectivity index (χ1n) is 7.07. The molecule has 0 aromatic heterocycles. The summed E-state index contributed by atoms with van der Waals surface area (Å²) in [5, 5.41) is 12.2. The van der Waals surface area contributed by atoms with E-state index in [9.17, 15) is 4.79 Å². The number of hydrogen-bond acceptors (Lipinski definition) is 3. The predicted molar refractivity (Wildman–Crippen MR) is 70.1 cm³/mol.